The average Bonchev–Trinajstić information content (AvgIpc) is 3.07. The van der Waals surface area contributed by atoms with E-state index < -0.39 is 0 Å². The fraction of sp³-hybridized carbons (Fsp3) is 0.818. The quantitative estimate of drug-likeness (QED) is 0.0687. The zero-order chi connectivity index (χ0) is 34.6. The Hall–Kier alpha value is -1.84. The molecule has 4 N–H and O–H groups in total. The number of hydrogen-bond donors (Lipinski definition) is 2. The Morgan fingerprint density at radius 3 is 0.771 bits per heavy atom. The first-order valence-electron chi connectivity index (χ1n) is 21.2. The maximum atomic E-state index is 10.7. The minimum Gasteiger partial charge on any atom is -0.370 e. The van der Waals surface area contributed by atoms with E-state index in [1.807, 2.05) is 0 Å². The van der Waals surface area contributed by atoms with Gasteiger partial charge >= 0.3 is 0 Å². The van der Waals surface area contributed by atoms with Crippen molar-refractivity contribution in [3.8, 4) is 0 Å². The lowest BCUT2D eigenvalue weighted by Gasteiger charge is -2.07. The Kier molecular flexibility index (Phi) is 32.2. The standard InChI is InChI=1S/C44H80N2O2/c45-43(47)38-31-27-23-19-15-11-7-3-1-5-9-13-17-21-25-29-34-41-36-33-37-42(40-41)35-30-26-22-18-14-10-6-2-4-8-12-16-20-24-28-32-39-44(46)48/h33,36-37,40H,1-32,34-35,38-39H2,(H2,45,47)(H2,46,48). The van der Waals surface area contributed by atoms with Crippen LogP contribution < -0.4 is 11.5 Å². The van der Waals surface area contributed by atoms with Crippen molar-refractivity contribution in [3.05, 3.63) is 35.4 Å². The molecule has 0 saturated heterocycles. The zero-order valence-electron chi connectivity index (χ0n) is 31.7. The SMILES string of the molecule is NC(=O)CCCCCCCCCCCCCCCCCCc1cccc(CCCCCCCCCCCCCCCCCCC(N)=O)c1. The molecular formula is C44H80N2O2. The smallest absolute Gasteiger partial charge is 0.217 e. The van der Waals surface area contributed by atoms with Crippen molar-refractivity contribution in [2.45, 2.75) is 231 Å². The lowest BCUT2D eigenvalue weighted by atomic mass is 9.99. The first-order chi connectivity index (χ1) is 23.6. The molecular weight excluding hydrogens is 588 g/mol. The number of rotatable bonds is 38. The van der Waals surface area contributed by atoms with Gasteiger partial charge in [-0.2, -0.15) is 0 Å². The Morgan fingerprint density at radius 2 is 0.542 bits per heavy atom. The summed E-state index contributed by atoms with van der Waals surface area (Å²) in [6.07, 6.45) is 46.6. The van der Waals surface area contributed by atoms with Gasteiger partial charge < -0.3 is 11.5 Å². The van der Waals surface area contributed by atoms with Gasteiger partial charge in [0, 0.05) is 12.8 Å². The number of primary amides is 2. The molecule has 1 aromatic carbocycles. The van der Waals surface area contributed by atoms with Crippen LogP contribution in [0.25, 0.3) is 0 Å². The normalized spacial score (nSPS) is 11.3. The summed E-state index contributed by atoms with van der Waals surface area (Å²) < 4.78 is 0. The second-order valence-electron chi connectivity index (χ2n) is 15.1. The lowest BCUT2D eigenvalue weighted by Crippen LogP contribution is -2.09. The fourth-order valence-electron chi connectivity index (χ4n) is 7.15. The van der Waals surface area contributed by atoms with Crippen molar-refractivity contribution in [2.75, 3.05) is 0 Å². The van der Waals surface area contributed by atoms with E-state index in [1.165, 1.54) is 193 Å². The van der Waals surface area contributed by atoms with Crippen LogP contribution in [0, 0.1) is 0 Å². The minimum absolute atomic E-state index is 0.155. The molecule has 0 bridgehead atoms. The Bertz CT molecular complexity index is 789. The molecule has 1 rings (SSSR count). The van der Waals surface area contributed by atoms with E-state index in [2.05, 4.69) is 24.3 Å². The van der Waals surface area contributed by atoms with E-state index >= 15 is 0 Å². The van der Waals surface area contributed by atoms with Crippen LogP contribution in [0.1, 0.15) is 229 Å². The Labute approximate surface area is 298 Å². The van der Waals surface area contributed by atoms with Gasteiger partial charge in [0.15, 0.2) is 0 Å². The number of amides is 2. The van der Waals surface area contributed by atoms with E-state index in [0.29, 0.717) is 12.8 Å². The van der Waals surface area contributed by atoms with Crippen molar-refractivity contribution in [1.29, 1.82) is 0 Å². The molecule has 4 nitrogen and oxygen atoms in total. The van der Waals surface area contributed by atoms with E-state index in [0.717, 1.165) is 25.7 Å². The number of benzene rings is 1. The van der Waals surface area contributed by atoms with Crippen LogP contribution in [0.2, 0.25) is 0 Å². The first-order valence-corrected chi connectivity index (χ1v) is 21.2. The van der Waals surface area contributed by atoms with E-state index in [4.69, 9.17) is 11.5 Å². The van der Waals surface area contributed by atoms with E-state index in [9.17, 15) is 9.59 Å². The van der Waals surface area contributed by atoms with Gasteiger partial charge in [0.1, 0.15) is 0 Å². The molecule has 0 heterocycles. The van der Waals surface area contributed by atoms with Gasteiger partial charge in [0.05, 0.1) is 0 Å². The number of hydrogen-bond acceptors (Lipinski definition) is 2. The van der Waals surface area contributed by atoms with Crippen LogP contribution in [0.4, 0.5) is 0 Å². The van der Waals surface area contributed by atoms with Crippen LogP contribution in [0.3, 0.4) is 0 Å². The molecule has 0 aliphatic carbocycles. The van der Waals surface area contributed by atoms with Gasteiger partial charge in [-0.15, -0.1) is 0 Å². The van der Waals surface area contributed by atoms with Gasteiger partial charge in [-0.25, -0.2) is 0 Å². The van der Waals surface area contributed by atoms with E-state index in [1.54, 1.807) is 11.1 Å². The van der Waals surface area contributed by atoms with Crippen LogP contribution >= 0.6 is 0 Å². The van der Waals surface area contributed by atoms with Crippen LogP contribution in [0.5, 0.6) is 0 Å². The summed E-state index contributed by atoms with van der Waals surface area (Å²) in [6, 6.07) is 9.45. The summed E-state index contributed by atoms with van der Waals surface area (Å²) >= 11 is 0. The predicted octanol–water partition coefficient (Wildman–Crippen LogP) is 13.0. The molecule has 2 amide bonds. The highest BCUT2D eigenvalue weighted by Crippen LogP contribution is 2.18. The van der Waals surface area contributed by atoms with Gasteiger partial charge in [0.25, 0.3) is 0 Å². The summed E-state index contributed by atoms with van der Waals surface area (Å²) in [5, 5.41) is 0. The highest BCUT2D eigenvalue weighted by atomic mass is 16.1. The van der Waals surface area contributed by atoms with Crippen molar-refractivity contribution in [2.24, 2.45) is 11.5 Å². The van der Waals surface area contributed by atoms with Crippen molar-refractivity contribution < 1.29 is 9.59 Å². The summed E-state index contributed by atoms with van der Waals surface area (Å²) in [4.78, 5) is 21.5. The molecule has 0 saturated carbocycles. The largest absolute Gasteiger partial charge is 0.370 e. The summed E-state index contributed by atoms with van der Waals surface area (Å²) in [5.74, 6) is -0.310. The van der Waals surface area contributed by atoms with Crippen molar-refractivity contribution >= 4 is 11.8 Å². The number of unbranched alkanes of at least 4 members (excludes halogenated alkanes) is 30. The molecule has 1 aromatic rings. The molecule has 0 spiro atoms. The molecule has 48 heavy (non-hydrogen) atoms. The van der Waals surface area contributed by atoms with Gasteiger partial charge in [0.2, 0.25) is 11.8 Å². The summed E-state index contributed by atoms with van der Waals surface area (Å²) in [5.41, 5.74) is 13.5. The highest BCUT2D eigenvalue weighted by Gasteiger charge is 2.01. The van der Waals surface area contributed by atoms with E-state index in [-0.39, 0.29) is 11.8 Å². The maximum absolute atomic E-state index is 10.7. The third-order valence-corrected chi connectivity index (χ3v) is 10.3. The molecule has 0 fully saturated rings. The van der Waals surface area contributed by atoms with Gasteiger partial charge in [-0.05, 0) is 49.7 Å². The molecule has 0 aromatic heterocycles. The Balaban J connectivity index is 1.82. The first kappa shape index (κ1) is 44.2. The number of aryl methyl sites for hydroxylation is 2. The molecule has 4 heteroatoms. The lowest BCUT2D eigenvalue weighted by molar-refractivity contribution is -0.119. The predicted molar refractivity (Wildman–Crippen MR) is 209 cm³/mol. The molecule has 0 radical (unpaired) electrons. The second kappa shape index (κ2) is 35.0. The Morgan fingerprint density at radius 1 is 0.333 bits per heavy atom. The van der Waals surface area contributed by atoms with Crippen molar-refractivity contribution in [1.82, 2.24) is 0 Å². The molecule has 0 aliphatic heterocycles. The molecule has 0 unspecified atom stereocenters. The fourth-order valence-corrected chi connectivity index (χ4v) is 7.15. The molecule has 278 valence electrons. The minimum atomic E-state index is -0.155. The monoisotopic (exact) mass is 669 g/mol. The highest BCUT2D eigenvalue weighted by molar-refractivity contribution is 5.73. The van der Waals surface area contributed by atoms with Crippen LogP contribution in [-0.4, -0.2) is 11.8 Å². The number of carbonyl (C=O) groups excluding carboxylic acids is 2. The van der Waals surface area contributed by atoms with Gasteiger partial charge in [-0.3, -0.25) is 9.59 Å². The van der Waals surface area contributed by atoms with Crippen molar-refractivity contribution in [3.63, 3.8) is 0 Å². The second-order valence-corrected chi connectivity index (χ2v) is 15.1. The molecule has 0 atom stereocenters. The third kappa shape index (κ3) is 32.7. The maximum Gasteiger partial charge on any atom is 0.217 e. The number of nitrogens with two attached hydrogens (primary N) is 2. The number of carbonyl (C=O) groups is 2. The zero-order valence-corrected chi connectivity index (χ0v) is 31.7. The average molecular weight is 669 g/mol. The summed E-state index contributed by atoms with van der Waals surface area (Å²) in [6.45, 7) is 0. The third-order valence-electron chi connectivity index (χ3n) is 10.3. The van der Waals surface area contributed by atoms with Crippen LogP contribution in [-0.2, 0) is 22.4 Å². The summed E-state index contributed by atoms with van der Waals surface area (Å²) in [7, 11) is 0. The topological polar surface area (TPSA) is 86.2 Å². The van der Waals surface area contributed by atoms with Crippen LogP contribution in [0.15, 0.2) is 24.3 Å². The molecule has 0 aliphatic rings. The van der Waals surface area contributed by atoms with Gasteiger partial charge in [-0.1, -0.05) is 204 Å².